The summed E-state index contributed by atoms with van der Waals surface area (Å²) in [5.74, 6) is -1.00. The van der Waals surface area contributed by atoms with Crippen LogP contribution < -0.4 is 11.5 Å². The second-order valence-electron chi connectivity index (χ2n) is 2.85. The number of methoxy groups -OCH3 is 1. The van der Waals surface area contributed by atoms with Crippen LogP contribution in [0.4, 0.5) is 4.39 Å². The van der Waals surface area contributed by atoms with Gasteiger partial charge >= 0.3 is 5.97 Å². The van der Waals surface area contributed by atoms with E-state index in [0.717, 1.165) is 7.11 Å². The quantitative estimate of drug-likeness (QED) is 0.553. The van der Waals surface area contributed by atoms with Crippen LogP contribution in [-0.4, -0.2) is 29.7 Å². The Kier molecular flexibility index (Phi) is 5.08. The molecule has 14 heavy (non-hydrogen) atoms. The molecular formula is C7H13Cl2FN2O2. The van der Waals surface area contributed by atoms with Crippen LogP contribution >= 0.6 is 23.2 Å². The van der Waals surface area contributed by atoms with Crippen molar-refractivity contribution in [2.24, 2.45) is 11.5 Å². The number of halogens is 3. The Bertz CT molecular complexity index is 210. The molecule has 1 atom stereocenters. The Labute approximate surface area is 91.7 Å². The van der Waals surface area contributed by atoms with E-state index >= 15 is 0 Å². The van der Waals surface area contributed by atoms with E-state index in [1.54, 1.807) is 0 Å². The molecule has 0 saturated heterocycles. The van der Waals surface area contributed by atoms with Gasteiger partial charge in [0.2, 0.25) is 0 Å². The highest BCUT2D eigenvalue weighted by molar-refractivity contribution is 6.49. The summed E-state index contributed by atoms with van der Waals surface area (Å²) in [5.41, 5.74) is 8.57. The van der Waals surface area contributed by atoms with Gasteiger partial charge in [-0.2, -0.15) is 0 Å². The smallest absolute Gasteiger partial charge is 0.331 e. The van der Waals surface area contributed by atoms with Gasteiger partial charge in [0.15, 0.2) is 5.54 Å². The zero-order chi connectivity index (χ0) is 11.4. The molecule has 0 aliphatic heterocycles. The first-order valence-electron chi connectivity index (χ1n) is 3.93. The second-order valence-corrected chi connectivity index (χ2v) is 4.09. The van der Waals surface area contributed by atoms with Gasteiger partial charge in [0.05, 0.1) is 7.11 Å². The zero-order valence-corrected chi connectivity index (χ0v) is 9.24. The number of carbonyl (C=O) groups excluding carboxylic acids is 1. The molecule has 0 heterocycles. The maximum Gasteiger partial charge on any atom is 0.331 e. The van der Waals surface area contributed by atoms with E-state index < -0.39 is 16.1 Å². The summed E-state index contributed by atoms with van der Waals surface area (Å²) >= 11 is 10.4. The molecule has 0 aromatic rings. The van der Waals surface area contributed by atoms with Crippen LogP contribution in [0.25, 0.3) is 0 Å². The zero-order valence-electron chi connectivity index (χ0n) is 7.73. The lowest BCUT2D eigenvalue weighted by Crippen LogP contribution is -2.59. The van der Waals surface area contributed by atoms with Crippen molar-refractivity contribution in [2.75, 3.05) is 13.7 Å². The number of hydrogen-bond acceptors (Lipinski definition) is 4. The fraction of sp³-hybridized carbons (Fsp3) is 0.857. The number of nitrogens with two attached hydrogens (primary N) is 2. The molecule has 84 valence electrons. The van der Waals surface area contributed by atoms with Crippen molar-refractivity contribution < 1.29 is 13.9 Å². The summed E-state index contributed by atoms with van der Waals surface area (Å²) in [6.45, 7) is 0.250. The Balaban J connectivity index is 4.76. The molecule has 0 rings (SSSR count). The number of rotatable bonds is 5. The molecule has 1 unspecified atom stereocenters. The minimum absolute atomic E-state index is 0.0837. The average Bonchev–Trinajstić information content (AvgIpc) is 2.10. The number of esters is 1. The van der Waals surface area contributed by atoms with Gasteiger partial charge in [0, 0.05) is 0 Å². The molecule has 0 radical (unpaired) electrons. The third-order valence-electron chi connectivity index (χ3n) is 1.83. The fourth-order valence-corrected chi connectivity index (χ4v) is 1.27. The van der Waals surface area contributed by atoms with Crippen molar-refractivity contribution in [3.63, 3.8) is 0 Å². The molecule has 0 aliphatic rings. The van der Waals surface area contributed by atoms with Gasteiger partial charge < -0.3 is 16.2 Å². The highest BCUT2D eigenvalue weighted by atomic mass is 35.5. The van der Waals surface area contributed by atoms with Crippen LogP contribution in [0.2, 0.25) is 0 Å². The van der Waals surface area contributed by atoms with Crippen molar-refractivity contribution in [1.82, 2.24) is 0 Å². The summed E-state index contributed by atoms with van der Waals surface area (Å²) in [5, 5.41) is 0. The standard InChI is InChI=1S/C7H13Cl2FN2O2/c1-14-5(13)6(12,3-2-4-11)7(8,9)10/h2-4,11-12H2,1H3. The SMILES string of the molecule is COC(=O)C(N)(CCCN)C(F)(Cl)Cl. The Hall–Kier alpha value is -0.100. The minimum Gasteiger partial charge on any atom is -0.467 e. The minimum atomic E-state index is -2.88. The van der Waals surface area contributed by atoms with Crippen LogP contribution in [0.1, 0.15) is 12.8 Å². The van der Waals surface area contributed by atoms with Gasteiger partial charge in [-0.25, -0.2) is 9.18 Å². The predicted molar refractivity (Wildman–Crippen MR) is 52.8 cm³/mol. The molecule has 0 saturated carbocycles. The van der Waals surface area contributed by atoms with Gasteiger partial charge in [-0.1, -0.05) is 23.2 Å². The third kappa shape index (κ3) is 2.95. The third-order valence-corrected chi connectivity index (χ3v) is 2.51. The summed E-state index contributed by atoms with van der Waals surface area (Å²) in [6, 6.07) is 0. The first-order chi connectivity index (χ1) is 6.29. The maximum absolute atomic E-state index is 13.3. The molecule has 0 amide bonds. The summed E-state index contributed by atoms with van der Waals surface area (Å²) in [7, 11) is 1.08. The lowest BCUT2D eigenvalue weighted by Gasteiger charge is -2.31. The number of alkyl halides is 3. The highest BCUT2D eigenvalue weighted by Gasteiger charge is 2.53. The molecule has 0 spiro atoms. The lowest BCUT2D eigenvalue weighted by molar-refractivity contribution is -0.149. The Morgan fingerprint density at radius 1 is 1.57 bits per heavy atom. The van der Waals surface area contributed by atoms with Crippen molar-refractivity contribution in [3.8, 4) is 0 Å². The number of carbonyl (C=O) groups is 1. The average molecular weight is 247 g/mol. The molecule has 4 N–H and O–H groups in total. The molecule has 4 nitrogen and oxygen atoms in total. The molecule has 0 fully saturated rings. The molecule has 0 aromatic carbocycles. The Morgan fingerprint density at radius 2 is 2.07 bits per heavy atom. The summed E-state index contributed by atoms with van der Waals surface area (Å²) < 4.78 is 14.7. The topological polar surface area (TPSA) is 78.3 Å². The molecular weight excluding hydrogens is 234 g/mol. The summed E-state index contributed by atoms with van der Waals surface area (Å²) in [4.78, 5) is 11.2. The van der Waals surface area contributed by atoms with Crippen LogP contribution in [0.5, 0.6) is 0 Å². The van der Waals surface area contributed by atoms with Crippen molar-refractivity contribution in [1.29, 1.82) is 0 Å². The van der Waals surface area contributed by atoms with Gasteiger partial charge in [0.1, 0.15) is 0 Å². The van der Waals surface area contributed by atoms with E-state index in [4.69, 9.17) is 34.7 Å². The van der Waals surface area contributed by atoms with Crippen LogP contribution in [0.3, 0.4) is 0 Å². The van der Waals surface area contributed by atoms with E-state index in [1.807, 2.05) is 0 Å². The molecule has 7 heteroatoms. The molecule has 0 bridgehead atoms. The van der Waals surface area contributed by atoms with Crippen LogP contribution in [-0.2, 0) is 9.53 Å². The molecule has 0 aliphatic carbocycles. The van der Waals surface area contributed by atoms with Crippen molar-refractivity contribution in [2.45, 2.75) is 23.0 Å². The number of ether oxygens (including phenoxy) is 1. The van der Waals surface area contributed by atoms with Crippen LogP contribution in [0.15, 0.2) is 0 Å². The van der Waals surface area contributed by atoms with Crippen molar-refractivity contribution >= 4 is 29.2 Å². The maximum atomic E-state index is 13.3. The van der Waals surface area contributed by atoms with E-state index in [-0.39, 0.29) is 13.0 Å². The largest absolute Gasteiger partial charge is 0.467 e. The normalized spacial score (nSPS) is 16.1. The summed E-state index contributed by atoms with van der Waals surface area (Å²) in [6.07, 6.45) is 0.233. The van der Waals surface area contributed by atoms with E-state index in [1.165, 1.54) is 0 Å². The highest BCUT2D eigenvalue weighted by Crippen LogP contribution is 2.37. The van der Waals surface area contributed by atoms with E-state index in [2.05, 4.69) is 4.74 Å². The second kappa shape index (κ2) is 5.11. The van der Waals surface area contributed by atoms with Gasteiger partial charge in [-0.15, -0.1) is 0 Å². The predicted octanol–water partition coefficient (Wildman–Crippen LogP) is 0.697. The fourth-order valence-electron chi connectivity index (χ4n) is 0.923. The monoisotopic (exact) mass is 246 g/mol. The molecule has 0 aromatic heterocycles. The lowest BCUT2D eigenvalue weighted by atomic mass is 9.96. The number of hydrogen-bond donors (Lipinski definition) is 2. The van der Waals surface area contributed by atoms with Gasteiger partial charge in [0.25, 0.3) is 4.59 Å². The van der Waals surface area contributed by atoms with Crippen LogP contribution in [0, 0.1) is 0 Å². The Morgan fingerprint density at radius 3 is 2.36 bits per heavy atom. The van der Waals surface area contributed by atoms with Gasteiger partial charge in [-0.05, 0) is 19.4 Å². The van der Waals surface area contributed by atoms with Crippen molar-refractivity contribution in [3.05, 3.63) is 0 Å². The van der Waals surface area contributed by atoms with Gasteiger partial charge in [-0.3, -0.25) is 0 Å². The van der Waals surface area contributed by atoms with E-state index in [0.29, 0.717) is 6.42 Å². The first kappa shape index (κ1) is 13.9. The first-order valence-corrected chi connectivity index (χ1v) is 4.69. The van der Waals surface area contributed by atoms with E-state index in [9.17, 15) is 9.18 Å².